The van der Waals surface area contributed by atoms with Crippen molar-refractivity contribution >= 4 is 5.97 Å². The summed E-state index contributed by atoms with van der Waals surface area (Å²) in [7, 11) is 4.13. The lowest BCUT2D eigenvalue weighted by molar-refractivity contribution is -0.156. The number of hydrogen-bond acceptors (Lipinski definition) is 5. The Morgan fingerprint density at radius 2 is 2.04 bits per heavy atom. The van der Waals surface area contributed by atoms with E-state index >= 15 is 0 Å². The summed E-state index contributed by atoms with van der Waals surface area (Å²) in [6.45, 7) is 7.16. The van der Waals surface area contributed by atoms with Crippen LogP contribution in [0.5, 0.6) is 0 Å². The SMILES string of the molecule is CCC1(CC)C[C@]2(CC[C@H](c3n[nH]cc3CN(C)CCNC)CC2)OC1=O. The van der Waals surface area contributed by atoms with Crippen LogP contribution in [-0.4, -0.2) is 53.9 Å². The molecule has 27 heavy (non-hydrogen) atoms. The van der Waals surface area contributed by atoms with Crippen molar-refractivity contribution < 1.29 is 9.53 Å². The average Bonchev–Trinajstić information content (AvgIpc) is 3.23. The second kappa shape index (κ2) is 8.31. The van der Waals surface area contributed by atoms with Crippen LogP contribution >= 0.6 is 0 Å². The number of aromatic amines is 1. The summed E-state index contributed by atoms with van der Waals surface area (Å²) in [4.78, 5) is 14.9. The summed E-state index contributed by atoms with van der Waals surface area (Å²) < 4.78 is 6.01. The number of rotatable bonds is 8. The van der Waals surface area contributed by atoms with Crippen LogP contribution < -0.4 is 5.32 Å². The molecule has 2 fully saturated rings. The first-order valence-corrected chi connectivity index (χ1v) is 10.6. The maximum atomic E-state index is 12.6. The largest absolute Gasteiger partial charge is 0.459 e. The number of esters is 1. The van der Waals surface area contributed by atoms with Crippen LogP contribution in [-0.2, 0) is 16.1 Å². The summed E-state index contributed by atoms with van der Waals surface area (Å²) in [6.07, 6.45) is 8.75. The number of aromatic nitrogens is 2. The van der Waals surface area contributed by atoms with Gasteiger partial charge in [0.1, 0.15) is 5.60 Å². The van der Waals surface area contributed by atoms with Gasteiger partial charge in [-0.05, 0) is 52.6 Å². The van der Waals surface area contributed by atoms with E-state index in [0.717, 1.165) is 64.6 Å². The van der Waals surface area contributed by atoms with Crippen LogP contribution in [0.3, 0.4) is 0 Å². The van der Waals surface area contributed by atoms with Crippen molar-refractivity contribution in [1.82, 2.24) is 20.4 Å². The molecule has 1 aromatic heterocycles. The van der Waals surface area contributed by atoms with Gasteiger partial charge in [0.05, 0.1) is 11.1 Å². The fourth-order valence-corrected chi connectivity index (χ4v) is 4.99. The topological polar surface area (TPSA) is 70.2 Å². The zero-order chi connectivity index (χ0) is 19.5. The molecule has 152 valence electrons. The van der Waals surface area contributed by atoms with Gasteiger partial charge in [-0.1, -0.05) is 13.8 Å². The maximum absolute atomic E-state index is 12.6. The molecule has 0 aromatic carbocycles. The Morgan fingerprint density at radius 1 is 1.33 bits per heavy atom. The highest BCUT2D eigenvalue weighted by Crippen LogP contribution is 2.53. The first-order chi connectivity index (χ1) is 13.0. The van der Waals surface area contributed by atoms with E-state index in [9.17, 15) is 4.79 Å². The number of ether oxygens (including phenoxy) is 1. The van der Waals surface area contributed by atoms with Gasteiger partial charge in [-0.2, -0.15) is 5.10 Å². The first kappa shape index (κ1) is 20.3. The highest BCUT2D eigenvalue weighted by molar-refractivity contribution is 5.79. The van der Waals surface area contributed by atoms with Crippen LogP contribution in [0.15, 0.2) is 6.20 Å². The van der Waals surface area contributed by atoms with Crippen LogP contribution in [0.4, 0.5) is 0 Å². The minimum atomic E-state index is -0.250. The number of carbonyl (C=O) groups is 1. The van der Waals surface area contributed by atoms with Gasteiger partial charge in [0, 0.05) is 43.7 Å². The molecule has 1 aromatic rings. The Bertz CT molecular complexity index is 630. The Kier molecular flexibility index (Phi) is 6.26. The Balaban J connectivity index is 1.62. The molecular weight excluding hydrogens is 340 g/mol. The lowest BCUT2D eigenvalue weighted by Crippen LogP contribution is -2.34. The summed E-state index contributed by atoms with van der Waals surface area (Å²) in [6, 6.07) is 0. The molecule has 2 heterocycles. The monoisotopic (exact) mass is 376 g/mol. The van der Waals surface area contributed by atoms with Gasteiger partial charge in [0.2, 0.25) is 0 Å². The number of carbonyl (C=O) groups excluding carboxylic acids is 1. The normalized spacial score (nSPS) is 27.4. The zero-order valence-corrected chi connectivity index (χ0v) is 17.4. The van der Waals surface area contributed by atoms with E-state index in [1.165, 1.54) is 11.3 Å². The molecule has 1 aliphatic carbocycles. The van der Waals surface area contributed by atoms with Gasteiger partial charge in [-0.3, -0.25) is 9.89 Å². The molecule has 3 rings (SSSR count). The molecule has 1 spiro atoms. The lowest BCUT2D eigenvalue weighted by atomic mass is 9.69. The Labute approximate surface area is 163 Å². The molecule has 0 bridgehead atoms. The molecular formula is C21H36N4O2. The number of nitrogens with zero attached hydrogens (tertiary/aromatic N) is 2. The van der Waals surface area contributed by atoms with E-state index in [1.807, 2.05) is 13.2 Å². The van der Waals surface area contributed by atoms with E-state index < -0.39 is 0 Å². The lowest BCUT2D eigenvalue weighted by Gasteiger charge is -2.36. The minimum absolute atomic E-state index is 0.0394. The summed E-state index contributed by atoms with van der Waals surface area (Å²) in [5.41, 5.74) is 2.04. The number of likely N-dealkylation sites (N-methyl/N-ethyl adjacent to an activating group) is 2. The molecule has 1 saturated carbocycles. The van der Waals surface area contributed by atoms with Gasteiger partial charge < -0.3 is 15.0 Å². The van der Waals surface area contributed by atoms with E-state index in [0.29, 0.717) is 5.92 Å². The van der Waals surface area contributed by atoms with Gasteiger partial charge in [-0.15, -0.1) is 0 Å². The van der Waals surface area contributed by atoms with Crippen molar-refractivity contribution in [3.8, 4) is 0 Å². The molecule has 2 N–H and O–H groups in total. The standard InChI is InChI=1S/C21H36N4O2/c1-5-20(6-2)15-21(27-19(20)26)9-7-16(8-10-21)18-17(13-23-24-18)14-25(4)12-11-22-3/h13,16,22H,5-12,14-15H2,1-4H3,(H,23,24)/t16-,21+. The summed E-state index contributed by atoms with van der Waals surface area (Å²) in [5.74, 6) is 0.504. The van der Waals surface area contributed by atoms with Crippen LogP contribution in [0.1, 0.15) is 76.0 Å². The Hall–Kier alpha value is -1.40. The van der Waals surface area contributed by atoms with Gasteiger partial charge >= 0.3 is 5.97 Å². The molecule has 6 nitrogen and oxygen atoms in total. The van der Waals surface area contributed by atoms with E-state index in [2.05, 4.69) is 41.3 Å². The first-order valence-electron chi connectivity index (χ1n) is 10.6. The molecule has 0 radical (unpaired) electrons. The molecule has 0 atom stereocenters. The van der Waals surface area contributed by atoms with Crippen molar-refractivity contribution in [3.63, 3.8) is 0 Å². The Morgan fingerprint density at radius 3 is 2.63 bits per heavy atom. The van der Waals surface area contributed by atoms with E-state index in [-0.39, 0.29) is 17.0 Å². The minimum Gasteiger partial charge on any atom is -0.459 e. The van der Waals surface area contributed by atoms with Crippen LogP contribution in [0.25, 0.3) is 0 Å². The third-order valence-electron chi connectivity index (χ3n) is 6.98. The van der Waals surface area contributed by atoms with Crippen molar-refractivity contribution in [2.75, 3.05) is 27.2 Å². The highest BCUT2D eigenvalue weighted by Gasteiger charge is 2.55. The van der Waals surface area contributed by atoms with E-state index in [4.69, 9.17) is 4.74 Å². The number of hydrogen-bond donors (Lipinski definition) is 2. The second-order valence-electron chi connectivity index (χ2n) is 8.65. The highest BCUT2D eigenvalue weighted by atomic mass is 16.6. The van der Waals surface area contributed by atoms with Gasteiger partial charge in [0.15, 0.2) is 0 Å². The predicted octanol–water partition coefficient (Wildman–Crippen LogP) is 3.21. The van der Waals surface area contributed by atoms with Crippen molar-refractivity contribution in [3.05, 3.63) is 17.5 Å². The van der Waals surface area contributed by atoms with E-state index in [1.54, 1.807) is 0 Å². The van der Waals surface area contributed by atoms with Gasteiger partial charge in [-0.25, -0.2) is 0 Å². The molecule has 2 aliphatic rings. The third kappa shape index (κ3) is 4.06. The maximum Gasteiger partial charge on any atom is 0.312 e. The van der Waals surface area contributed by atoms with Crippen molar-refractivity contribution in [1.29, 1.82) is 0 Å². The predicted molar refractivity (Wildman–Crippen MR) is 107 cm³/mol. The van der Waals surface area contributed by atoms with Crippen molar-refractivity contribution in [2.45, 2.75) is 76.9 Å². The fraction of sp³-hybridized carbons (Fsp3) is 0.810. The molecule has 1 saturated heterocycles. The average molecular weight is 377 g/mol. The van der Waals surface area contributed by atoms with Crippen molar-refractivity contribution in [2.24, 2.45) is 5.41 Å². The number of H-pyrrole nitrogens is 1. The molecule has 6 heteroatoms. The van der Waals surface area contributed by atoms with Crippen LogP contribution in [0, 0.1) is 5.41 Å². The molecule has 0 unspecified atom stereocenters. The second-order valence-corrected chi connectivity index (χ2v) is 8.65. The molecule has 0 amide bonds. The summed E-state index contributed by atoms with van der Waals surface area (Å²) >= 11 is 0. The van der Waals surface area contributed by atoms with Crippen LogP contribution in [0.2, 0.25) is 0 Å². The summed E-state index contributed by atoms with van der Waals surface area (Å²) in [5, 5.41) is 10.9. The quantitative estimate of drug-likeness (QED) is 0.682. The zero-order valence-electron chi connectivity index (χ0n) is 17.4. The third-order valence-corrected chi connectivity index (χ3v) is 6.98. The molecule has 1 aliphatic heterocycles. The number of nitrogens with one attached hydrogen (secondary N) is 2. The fourth-order valence-electron chi connectivity index (χ4n) is 4.99. The van der Waals surface area contributed by atoms with Gasteiger partial charge in [0.25, 0.3) is 0 Å². The smallest absolute Gasteiger partial charge is 0.312 e.